The third kappa shape index (κ3) is 6.27. The number of esters is 1. The van der Waals surface area contributed by atoms with Gasteiger partial charge in [-0.15, -0.1) is 0 Å². The van der Waals surface area contributed by atoms with E-state index in [0.29, 0.717) is 17.9 Å². The molecular weight excluding hydrogens is 386 g/mol. The van der Waals surface area contributed by atoms with Gasteiger partial charge in [0.2, 0.25) is 0 Å². The second-order valence-electron chi connectivity index (χ2n) is 5.86. The molecule has 0 aromatic heterocycles. The SMILES string of the molecule is CCOc1ccc(C(=O)NCC(=O)O[C@H](C)C(=O)Nc2c(F)cccc2F)cc1. The van der Waals surface area contributed by atoms with Crippen LogP contribution < -0.4 is 15.4 Å². The van der Waals surface area contributed by atoms with Crippen LogP contribution in [0.3, 0.4) is 0 Å². The summed E-state index contributed by atoms with van der Waals surface area (Å²) in [5.41, 5.74) is -0.328. The number of carbonyl (C=O) groups is 3. The number of hydrogen-bond acceptors (Lipinski definition) is 5. The molecule has 0 saturated carbocycles. The van der Waals surface area contributed by atoms with Crippen LogP contribution in [0.2, 0.25) is 0 Å². The van der Waals surface area contributed by atoms with Crippen LogP contribution in [0.5, 0.6) is 5.75 Å². The Morgan fingerprint density at radius 1 is 1.03 bits per heavy atom. The predicted octanol–water partition coefficient (Wildman–Crippen LogP) is 2.66. The molecule has 29 heavy (non-hydrogen) atoms. The highest BCUT2D eigenvalue weighted by atomic mass is 19.1. The van der Waals surface area contributed by atoms with Gasteiger partial charge in [-0.25, -0.2) is 8.78 Å². The van der Waals surface area contributed by atoms with Crippen LogP contribution in [0.1, 0.15) is 24.2 Å². The highest BCUT2D eigenvalue weighted by Crippen LogP contribution is 2.18. The summed E-state index contributed by atoms with van der Waals surface area (Å²) in [5, 5.41) is 4.38. The van der Waals surface area contributed by atoms with Gasteiger partial charge in [0.1, 0.15) is 29.6 Å². The Bertz CT molecular complexity index is 867. The van der Waals surface area contributed by atoms with E-state index < -0.39 is 47.8 Å². The molecule has 0 unspecified atom stereocenters. The number of carbonyl (C=O) groups excluding carboxylic acids is 3. The minimum Gasteiger partial charge on any atom is -0.494 e. The summed E-state index contributed by atoms with van der Waals surface area (Å²) in [7, 11) is 0. The van der Waals surface area contributed by atoms with Crippen LogP contribution in [0.25, 0.3) is 0 Å². The minimum atomic E-state index is -1.33. The molecule has 0 radical (unpaired) electrons. The Kier molecular flexibility index (Phi) is 7.64. The number of amides is 2. The summed E-state index contributed by atoms with van der Waals surface area (Å²) in [6.07, 6.45) is -1.33. The quantitative estimate of drug-likeness (QED) is 0.658. The van der Waals surface area contributed by atoms with Gasteiger partial charge in [-0.05, 0) is 50.2 Å². The van der Waals surface area contributed by atoms with E-state index in [1.165, 1.54) is 19.1 Å². The van der Waals surface area contributed by atoms with Gasteiger partial charge in [-0.3, -0.25) is 14.4 Å². The van der Waals surface area contributed by atoms with E-state index in [2.05, 4.69) is 5.32 Å². The van der Waals surface area contributed by atoms with E-state index >= 15 is 0 Å². The fraction of sp³-hybridized carbons (Fsp3) is 0.250. The topological polar surface area (TPSA) is 93.7 Å². The maximum atomic E-state index is 13.6. The van der Waals surface area contributed by atoms with Crippen LogP contribution >= 0.6 is 0 Å². The van der Waals surface area contributed by atoms with E-state index in [9.17, 15) is 23.2 Å². The lowest BCUT2D eigenvalue weighted by atomic mass is 10.2. The van der Waals surface area contributed by atoms with E-state index in [4.69, 9.17) is 9.47 Å². The molecule has 2 rings (SSSR count). The van der Waals surface area contributed by atoms with Crippen molar-refractivity contribution in [1.82, 2.24) is 5.32 Å². The summed E-state index contributed by atoms with van der Waals surface area (Å²) in [4.78, 5) is 35.8. The van der Waals surface area contributed by atoms with Crippen molar-refractivity contribution in [3.05, 3.63) is 59.7 Å². The normalized spacial score (nSPS) is 11.3. The number of nitrogens with one attached hydrogen (secondary N) is 2. The number of ether oxygens (including phenoxy) is 2. The van der Waals surface area contributed by atoms with Gasteiger partial charge in [0, 0.05) is 5.56 Å². The average Bonchev–Trinajstić information content (AvgIpc) is 2.69. The van der Waals surface area contributed by atoms with Crippen molar-refractivity contribution in [1.29, 1.82) is 0 Å². The molecule has 2 aromatic carbocycles. The number of hydrogen-bond donors (Lipinski definition) is 2. The zero-order chi connectivity index (χ0) is 21.4. The van der Waals surface area contributed by atoms with Gasteiger partial charge in [-0.2, -0.15) is 0 Å². The van der Waals surface area contributed by atoms with Crippen molar-refractivity contribution in [3.8, 4) is 5.75 Å². The van der Waals surface area contributed by atoms with Gasteiger partial charge in [0.05, 0.1) is 6.61 Å². The van der Waals surface area contributed by atoms with Crippen LogP contribution in [0.15, 0.2) is 42.5 Å². The Labute approximate surface area is 166 Å². The van der Waals surface area contributed by atoms with Crippen molar-refractivity contribution < 1.29 is 32.6 Å². The fourth-order valence-electron chi connectivity index (χ4n) is 2.26. The standard InChI is InChI=1S/C20H20F2N2O5/c1-3-28-14-9-7-13(8-10-14)20(27)23-11-17(25)29-12(2)19(26)24-18-15(21)5-4-6-16(18)22/h4-10,12H,3,11H2,1-2H3,(H,23,27)(H,24,26)/t12-/m1/s1. The lowest BCUT2D eigenvalue weighted by Crippen LogP contribution is -2.36. The molecule has 7 nitrogen and oxygen atoms in total. The Balaban J connectivity index is 1.83. The Hall–Kier alpha value is -3.49. The Morgan fingerprint density at radius 2 is 1.66 bits per heavy atom. The molecule has 0 fully saturated rings. The van der Waals surface area contributed by atoms with Crippen molar-refractivity contribution in [2.24, 2.45) is 0 Å². The number of para-hydroxylation sites is 1. The molecule has 9 heteroatoms. The predicted molar refractivity (Wildman–Crippen MR) is 100 cm³/mol. The van der Waals surface area contributed by atoms with E-state index in [1.807, 2.05) is 12.2 Å². The maximum absolute atomic E-state index is 13.6. The molecule has 0 saturated heterocycles. The van der Waals surface area contributed by atoms with Crippen molar-refractivity contribution in [3.63, 3.8) is 0 Å². The first-order chi connectivity index (χ1) is 13.8. The van der Waals surface area contributed by atoms with E-state index in [0.717, 1.165) is 18.2 Å². The molecule has 0 aliphatic carbocycles. The van der Waals surface area contributed by atoms with Gasteiger partial charge >= 0.3 is 5.97 Å². The Morgan fingerprint density at radius 3 is 2.24 bits per heavy atom. The summed E-state index contributed by atoms with van der Waals surface area (Å²) in [6, 6.07) is 9.40. The molecule has 1 atom stereocenters. The second kappa shape index (κ2) is 10.2. The van der Waals surface area contributed by atoms with Crippen LogP contribution in [-0.2, 0) is 14.3 Å². The van der Waals surface area contributed by atoms with Gasteiger partial charge in [0.15, 0.2) is 6.10 Å². The summed E-state index contributed by atoms with van der Waals surface area (Å²) >= 11 is 0. The summed E-state index contributed by atoms with van der Waals surface area (Å²) in [5.74, 6) is -3.63. The first-order valence-electron chi connectivity index (χ1n) is 8.77. The maximum Gasteiger partial charge on any atom is 0.326 e. The monoisotopic (exact) mass is 406 g/mol. The van der Waals surface area contributed by atoms with Gasteiger partial charge in [-0.1, -0.05) is 6.07 Å². The first kappa shape index (κ1) is 21.8. The third-order valence-electron chi connectivity index (χ3n) is 3.71. The largest absolute Gasteiger partial charge is 0.494 e. The van der Waals surface area contributed by atoms with Crippen LogP contribution in [-0.4, -0.2) is 37.0 Å². The lowest BCUT2D eigenvalue weighted by molar-refractivity contribution is -0.152. The van der Waals surface area contributed by atoms with Crippen LogP contribution in [0, 0.1) is 11.6 Å². The molecule has 154 valence electrons. The third-order valence-corrected chi connectivity index (χ3v) is 3.71. The minimum absolute atomic E-state index is 0.307. The van der Waals surface area contributed by atoms with Gasteiger partial charge in [0.25, 0.3) is 11.8 Å². The van der Waals surface area contributed by atoms with Crippen molar-refractivity contribution >= 4 is 23.5 Å². The zero-order valence-electron chi connectivity index (χ0n) is 15.8. The van der Waals surface area contributed by atoms with Crippen molar-refractivity contribution in [2.75, 3.05) is 18.5 Å². The van der Waals surface area contributed by atoms with Gasteiger partial charge < -0.3 is 20.1 Å². The molecule has 2 amide bonds. The first-order valence-corrected chi connectivity index (χ1v) is 8.77. The number of rotatable bonds is 8. The number of halogens is 2. The highest BCUT2D eigenvalue weighted by Gasteiger charge is 2.21. The molecule has 2 aromatic rings. The van der Waals surface area contributed by atoms with E-state index in [1.54, 1.807) is 12.1 Å². The molecule has 0 aliphatic rings. The molecule has 2 N–H and O–H groups in total. The average molecular weight is 406 g/mol. The zero-order valence-corrected chi connectivity index (χ0v) is 15.8. The summed E-state index contributed by atoms with van der Waals surface area (Å²) < 4.78 is 37.3. The van der Waals surface area contributed by atoms with Crippen LogP contribution in [0.4, 0.5) is 14.5 Å². The highest BCUT2D eigenvalue weighted by molar-refractivity contribution is 5.97. The summed E-state index contributed by atoms with van der Waals surface area (Å²) in [6.45, 7) is 3.07. The smallest absolute Gasteiger partial charge is 0.326 e. The number of anilines is 1. The molecule has 0 spiro atoms. The number of benzene rings is 2. The van der Waals surface area contributed by atoms with E-state index in [-0.39, 0.29) is 0 Å². The molecular formula is C20H20F2N2O5. The lowest BCUT2D eigenvalue weighted by Gasteiger charge is -2.14. The fourth-order valence-corrected chi connectivity index (χ4v) is 2.26. The molecule has 0 bridgehead atoms. The molecule has 0 aliphatic heterocycles. The molecule has 0 heterocycles. The second-order valence-corrected chi connectivity index (χ2v) is 5.86. The van der Waals surface area contributed by atoms with Crippen molar-refractivity contribution in [2.45, 2.75) is 20.0 Å².